The van der Waals surface area contributed by atoms with Gasteiger partial charge in [-0.25, -0.2) is 13.1 Å². The Morgan fingerprint density at radius 3 is 2.50 bits per heavy atom. The van der Waals surface area contributed by atoms with Crippen LogP contribution >= 0.6 is 12.4 Å². The molecule has 1 aliphatic rings. The number of rotatable bonds is 6. The SMILES string of the molecule is CCC(C)c1ccc(S(=O)(=O)NCC2=CCNCC2)cc1.Cl. The van der Waals surface area contributed by atoms with E-state index in [-0.39, 0.29) is 12.4 Å². The topological polar surface area (TPSA) is 58.2 Å². The highest BCUT2D eigenvalue weighted by molar-refractivity contribution is 7.89. The zero-order valence-electron chi connectivity index (χ0n) is 13.1. The van der Waals surface area contributed by atoms with Gasteiger partial charge in [-0.05, 0) is 43.0 Å². The Labute approximate surface area is 139 Å². The quantitative estimate of drug-likeness (QED) is 0.780. The maximum atomic E-state index is 12.3. The minimum atomic E-state index is -3.42. The van der Waals surface area contributed by atoms with Gasteiger partial charge in [-0.15, -0.1) is 12.4 Å². The standard InChI is InChI=1S/C16H24N2O2S.ClH/c1-3-13(2)15-4-6-16(7-5-15)21(19,20)18-12-14-8-10-17-11-9-14;/h4-8,13,17-18H,3,9-12H2,1-2H3;1H. The highest BCUT2D eigenvalue weighted by Crippen LogP contribution is 2.20. The maximum absolute atomic E-state index is 12.3. The third kappa shape index (κ3) is 5.09. The molecule has 1 atom stereocenters. The van der Waals surface area contributed by atoms with Gasteiger partial charge in [-0.3, -0.25) is 0 Å². The van der Waals surface area contributed by atoms with Crippen molar-refractivity contribution in [3.05, 3.63) is 41.5 Å². The lowest BCUT2D eigenvalue weighted by atomic mass is 9.99. The van der Waals surface area contributed by atoms with Crippen LogP contribution in [-0.4, -0.2) is 28.1 Å². The molecule has 0 aromatic heterocycles. The second-order valence-electron chi connectivity index (χ2n) is 5.52. The van der Waals surface area contributed by atoms with Gasteiger partial charge in [0.2, 0.25) is 10.0 Å². The molecule has 4 nitrogen and oxygen atoms in total. The van der Waals surface area contributed by atoms with Crippen molar-refractivity contribution in [2.45, 2.75) is 37.5 Å². The van der Waals surface area contributed by atoms with E-state index in [1.165, 1.54) is 5.56 Å². The average molecular weight is 345 g/mol. The summed E-state index contributed by atoms with van der Waals surface area (Å²) in [6.45, 7) is 6.41. The number of nitrogens with one attached hydrogen (secondary N) is 2. The van der Waals surface area contributed by atoms with Crippen molar-refractivity contribution < 1.29 is 8.42 Å². The number of benzene rings is 1. The van der Waals surface area contributed by atoms with E-state index in [1.54, 1.807) is 12.1 Å². The molecular formula is C16H25ClN2O2S. The van der Waals surface area contributed by atoms with Crippen LogP contribution in [0.5, 0.6) is 0 Å². The molecule has 2 N–H and O–H groups in total. The van der Waals surface area contributed by atoms with Crippen LogP contribution in [0.4, 0.5) is 0 Å². The second kappa shape index (κ2) is 8.67. The molecular weight excluding hydrogens is 320 g/mol. The van der Waals surface area contributed by atoms with E-state index < -0.39 is 10.0 Å². The monoisotopic (exact) mass is 344 g/mol. The van der Waals surface area contributed by atoms with Gasteiger partial charge in [0.1, 0.15) is 0 Å². The third-order valence-electron chi connectivity index (χ3n) is 4.02. The van der Waals surface area contributed by atoms with Crippen molar-refractivity contribution in [1.29, 1.82) is 0 Å². The van der Waals surface area contributed by atoms with E-state index in [2.05, 4.69) is 30.0 Å². The molecule has 0 spiro atoms. The van der Waals surface area contributed by atoms with Crippen LogP contribution in [0.15, 0.2) is 40.8 Å². The number of halogens is 1. The van der Waals surface area contributed by atoms with Crippen LogP contribution in [0.25, 0.3) is 0 Å². The average Bonchev–Trinajstić information content (AvgIpc) is 2.53. The van der Waals surface area contributed by atoms with E-state index in [4.69, 9.17) is 0 Å². The van der Waals surface area contributed by atoms with E-state index in [1.807, 2.05) is 12.1 Å². The summed E-state index contributed by atoms with van der Waals surface area (Å²) >= 11 is 0. The summed E-state index contributed by atoms with van der Waals surface area (Å²) in [4.78, 5) is 0.337. The van der Waals surface area contributed by atoms with Gasteiger partial charge < -0.3 is 5.32 Å². The van der Waals surface area contributed by atoms with Crippen molar-refractivity contribution in [1.82, 2.24) is 10.0 Å². The maximum Gasteiger partial charge on any atom is 0.240 e. The zero-order valence-corrected chi connectivity index (χ0v) is 14.8. The van der Waals surface area contributed by atoms with Gasteiger partial charge >= 0.3 is 0 Å². The first-order chi connectivity index (χ1) is 10.0. The van der Waals surface area contributed by atoms with Crippen LogP contribution in [0.2, 0.25) is 0 Å². The van der Waals surface area contributed by atoms with Crippen LogP contribution in [-0.2, 0) is 10.0 Å². The molecule has 0 fully saturated rings. The molecule has 1 aliphatic heterocycles. The zero-order chi connectivity index (χ0) is 15.3. The van der Waals surface area contributed by atoms with Crippen LogP contribution < -0.4 is 10.0 Å². The second-order valence-corrected chi connectivity index (χ2v) is 7.29. The van der Waals surface area contributed by atoms with Crippen molar-refractivity contribution in [3.8, 4) is 0 Å². The van der Waals surface area contributed by atoms with Gasteiger partial charge in [0.05, 0.1) is 4.90 Å². The first-order valence-corrected chi connectivity index (χ1v) is 8.99. The summed E-state index contributed by atoms with van der Waals surface area (Å²) in [5.74, 6) is 0.453. The highest BCUT2D eigenvalue weighted by Gasteiger charge is 2.15. The molecule has 22 heavy (non-hydrogen) atoms. The lowest BCUT2D eigenvalue weighted by molar-refractivity contribution is 0.582. The molecule has 6 heteroatoms. The lowest BCUT2D eigenvalue weighted by Gasteiger charge is -2.15. The fraction of sp³-hybridized carbons (Fsp3) is 0.500. The predicted molar refractivity (Wildman–Crippen MR) is 93.2 cm³/mol. The summed E-state index contributed by atoms with van der Waals surface area (Å²) in [6.07, 6.45) is 4.00. The van der Waals surface area contributed by atoms with Crippen molar-refractivity contribution in [2.75, 3.05) is 19.6 Å². The van der Waals surface area contributed by atoms with Crippen LogP contribution in [0.1, 0.15) is 38.2 Å². The largest absolute Gasteiger partial charge is 0.313 e. The molecule has 0 saturated heterocycles. The molecule has 0 amide bonds. The molecule has 0 saturated carbocycles. The van der Waals surface area contributed by atoms with Gasteiger partial charge in [-0.2, -0.15) is 0 Å². The molecule has 0 radical (unpaired) electrons. The first-order valence-electron chi connectivity index (χ1n) is 7.51. The Bertz CT molecular complexity index is 597. The highest BCUT2D eigenvalue weighted by atomic mass is 35.5. The third-order valence-corrected chi connectivity index (χ3v) is 5.44. The van der Waals surface area contributed by atoms with E-state index in [0.717, 1.165) is 31.5 Å². The number of hydrogen-bond donors (Lipinski definition) is 2. The van der Waals surface area contributed by atoms with E-state index in [0.29, 0.717) is 17.4 Å². The molecule has 2 rings (SSSR count). The van der Waals surface area contributed by atoms with Crippen LogP contribution in [0.3, 0.4) is 0 Å². The van der Waals surface area contributed by atoms with Crippen molar-refractivity contribution in [2.24, 2.45) is 0 Å². The lowest BCUT2D eigenvalue weighted by Crippen LogP contribution is -2.29. The Morgan fingerprint density at radius 1 is 1.27 bits per heavy atom. The van der Waals surface area contributed by atoms with Gasteiger partial charge in [-0.1, -0.05) is 37.6 Å². The Kier molecular flexibility index (Phi) is 7.56. The Balaban J connectivity index is 0.00000242. The molecule has 1 aromatic carbocycles. The van der Waals surface area contributed by atoms with E-state index >= 15 is 0 Å². The predicted octanol–water partition coefficient (Wildman–Crippen LogP) is 2.82. The number of sulfonamides is 1. The molecule has 0 bridgehead atoms. The fourth-order valence-corrected chi connectivity index (χ4v) is 3.35. The minimum absolute atomic E-state index is 0. The summed E-state index contributed by atoms with van der Waals surface area (Å²) in [7, 11) is -3.42. The summed E-state index contributed by atoms with van der Waals surface area (Å²) in [6, 6.07) is 7.21. The van der Waals surface area contributed by atoms with Gasteiger partial charge in [0.25, 0.3) is 0 Å². The van der Waals surface area contributed by atoms with Crippen molar-refractivity contribution in [3.63, 3.8) is 0 Å². The smallest absolute Gasteiger partial charge is 0.240 e. The van der Waals surface area contributed by atoms with E-state index in [9.17, 15) is 8.42 Å². The summed E-state index contributed by atoms with van der Waals surface area (Å²) in [5.41, 5.74) is 2.33. The molecule has 124 valence electrons. The summed E-state index contributed by atoms with van der Waals surface area (Å²) < 4.78 is 27.2. The normalized spacial score (nSPS) is 16.5. The Hall–Kier alpha value is -0.880. The fourth-order valence-electron chi connectivity index (χ4n) is 2.31. The van der Waals surface area contributed by atoms with Crippen molar-refractivity contribution >= 4 is 22.4 Å². The minimum Gasteiger partial charge on any atom is -0.313 e. The molecule has 1 heterocycles. The summed E-state index contributed by atoms with van der Waals surface area (Å²) in [5, 5.41) is 3.21. The van der Waals surface area contributed by atoms with Gasteiger partial charge in [0, 0.05) is 13.1 Å². The van der Waals surface area contributed by atoms with Gasteiger partial charge in [0.15, 0.2) is 0 Å². The first kappa shape index (κ1) is 19.2. The Morgan fingerprint density at radius 2 is 1.95 bits per heavy atom. The number of hydrogen-bond acceptors (Lipinski definition) is 3. The molecule has 1 aromatic rings. The molecule has 1 unspecified atom stereocenters. The molecule has 0 aliphatic carbocycles. The van der Waals surface area contributed by atoms with Crippen LogP contribution in [0, 0.1) is 0 Å².